The number of anilines is 1. The molecular weight excluding hydrogens is 262 g/mol. The Kier molecular flexibility index (Phi) is 4.33. The number of rotatable bonds is 4. The third-order valence-electron chi connectivity index (χ3n) is 2.47. The van der Waals surface area contributed by atoms with Crippen LogP contribution in [-0.2, 0) is 16.1 Å². The highest BCUT2D eigenvalue weighted by Gasteiger charge is 2.14. The monoisotopic (exact) mass is 275 g/mol. The van der Waals surface area contributed by atoms with Crippen molar-refractivity contribution < 1.29 is 18.8 Å². The fourth-order valence-corrected chi connectivity index (χ4v) is 1.50. The summed E-state index contributed by atoms with van der Waals surface area (Å²) in [5.74, 6) is -0.687. The number of methoxy groups -OCH3 is 1. The van der Waals surface area contributed by atoms with Gasteiger partial charge in [-0.05, 0) is 17.7 Å². The van der Waals surface area contributed by atoms with Gasteiger partial charge in [0.1, 0.15) is 12.0 Å². The molecule has 7 nitrogen and oxygen atoms in total. The molecule has 2 amide bonds. The molecule has 0 aliphatic carbocycles. The van der Waals surface area contributed by atoms with Gasteiger partial charge in [-0.25, -0.2) is 0 Å². The van der Waals surface area contributed by atoms with Gasteiger partial charge in [-0.2, -0.15) is 0 Å². The Labute approximate surface area is 114 Å². The van der Waals surface area contributed by atoms with Crippen LogP contribution in [0, 0.1) is 0 Å². The molecule has 0 spiro atoms. The average molecular weight is 275 g/mol. The summed E-state index contributed by atoms with van der Waals surface area (Å²) in [5.41, 5.74) is 0.826. The second-order valence-corrected chi connectivity index (χ2v) is 3.87. The maximum atomic E-state index is 11.6. The van der Waals surface area contributed by atoms with E-state index in [2.05, 4.69) is 20.3 Å². The summed E-state index contributed by atoms with van der Waals surface area (Å²) in [5, 5.41) is 8.27. The van der Waals surface area contributed by atoms with Gasteiger partial charge in [0.25, 0.3) is 0 Å². The zero-order valence-corrected chi connectivity index (χ0v) is 10.8. The van der Waals surface area contributed by atoms with Crippen LogP contribution in [0.25, 0.3) is 0 Å². The highest BCUT2D eigenvalue weighted by molar-refractivity contribution is 6.39. The Morgan fingerprint density at radius 1 is 1.30 bits per heavy atom. The number of nitrogens with zero attached hydrogens (tertiary/aromatic N) is 1. The SMILES string of the molecule is COc1cccc(CNC(=O)C(=O)Nc2ccon2)c1. The number of aromatic nitrogens is 1. The van der Waals surface area contributed by atoms with Crippen molar-refractivity contribution in [2.45, 2.75) is 6.54 Å². The summed E-state index contributed by atoms with van der Waals surface area (Å²) in [6.07, 6.45) is 1.30. The lowest BCUT2D eigenvalue weighted by atomic mass is 10.2. The Balaban J connectivity index is 1.86. The molecule has 104 valence electrons. The van der Waals surface area contributed by atoms with Crippen LogP contribution in [-0.4, -0.2) is 24.1 Å². The number of hydrogen-bond acceptors (Lipinski definition) is 5. The average Bonchev–Trinajstić information content (AvgIpc) is 2.97. The predicted molar refractivity (Wildman–Crippen MR) is 70.0 cm³/mol. The minimum atomic E-state index is -0.804. The van der Waals surface area contributed by atoms with Crippen LogP contribution in [0.5, 0.6) is 5.75 Å². The van der Waals surface area contributed by atoms with E-state index in [1.165, 1.54) is 12.3 Å². The summed E-state index contributed by atoms with van der Waals surface area (Å²) in [6, 6.07) is 8.62. The van der Waals surface area contributed by atoms with Crippen molar-refractivity contribution in [1.82, 2.24) is 10.5 Å². The smallest absolute Gasteiger partial charge is 0.314 e. The number of amides is 2. The summed E-state index contributed by atoms with van der Waals surface area (Å²) in [7, 11) is 1.56. The molecule has 0 aliphatic rings. The van der Waals surface area contributed by atoms with E-state index in [1.54, 1.807) is 25.3 Å². The minimum Gasteiger partial charge on any atom is -0.497 e. The van der Waals surface area contributed by atoms with E-state index >= 15 is 0 Å². The molecule has 0 fully saturated rings. The van der Waals surface area contributed by atoms with Crippen molar-refractivity contribution in [3.05, 3.63) is 42.2 Å². The van der Waals surface area contributed by atoms with Crippen LogP contribution in [0.1, 0.15) is 5.56 Å². The molecule has 2 aromatic rings. The first-order valence-corrected chi connectivity index (χ1v) is 5.81. The number of ether oxygens (including phenoxy) is 1. The molecule has 0 radical (unpaired) electrons. The first-order valence-electron chi connectivity index (χ1n) is 5.81. The van der Waals surface area contributed by atoms with Crippen molar-refractivity contribution in [2.24, 2.45) is 0 Å². The molecule has 1 aromatic carbocycles. The quantitative estimate of drug-likeness (QED) is 0.810. The normalized spacial score (nSPS) is 9.85. The van der Waals surface area contributed by atoms with E-state index in [4.69, 9.17) is 4.74 Å². The van der Waals surface area contributed by atoms with E-state index in [0.717, 1.165) is 5.56 Å². The van der Waals surface area contributed by atoms with Crippen LogP contribution in [0.4, 0.5) is 5.82 Å². The molecule has 2 N–H and O–H groups in total. The van der Waals surface area contributed by atoms with Gasteiger partial charge in [0.15, 0.2) is 5.82 Å². The molecule has 0 saturated heterocycles. The second-order valence-electron chi connectivity index (χ2n) is 3.87. The second kappa shape index (κ2) is 6.37. The van der Waals surface area contributed by atoms with Crippen molar-refractivity contribution in [3.63, 3.8) is 0 Å². The third kappa shape index (κ3) is 3.58. The van der Waals surface area contributed by atoms with Crippen LogP contribution in [0.3, 0.4) is 0 Å². The summed E-state index contributed by atoms with van der Waals surface area (Å²) in [6.45, 7) is 0.224. The minimum absolute atomic E-state index is 0.187. The van der Waals surface area contributed by atoms with Crippen molar-refractivity contribution in [2.75, 3.05) is 12.4 Å². The van der Waals surface area contributed by atoms with E-state index in [9.17, 15) is 9.59 Å². The standard InChI is InChI=1S/C13H13N3O4/c1-19-10-4-2-3-9(7-10)8-14-12(17)13(18)15-11-5-6-20-16-11/h2-7H,8H2,1H3,(H,14,17)(H,15,16,18). The number of nitrogens with one attached hydrogen (secondary N) is 2. The molecule has 0 atom stereocenters. The van der Waals surface area contributed by atoms with Crippen LogP contribution in [0.2, 0.25) is 0 Å². The van der Waals surface area contributed by atoms with Gasteiger partial charge in [-0.1, -0.05) is 17.3 Å². The van der Waals surface area contributed by atoms with Crippen molar-refractivity contribution >= 4 is 17.6 Å². The fraction of sp³-hybridized carbons (Fsp3) is 0.154. The first-order chi connectivity index (χ1) is 9.69. The molecule has 1 heterocycles. The van der Waals surface area contributed by atoms with Gasteiger partial charge < -0.3 is 14.6 Å². The van der Waals surface area contributed by atoms with Gasteiger partial charge in [-0.15, -0.1) is 0 Å². The largest absolute Gasteiger partial charge is 0.497 e. The third-order valence-corrected chi connectivity index (χ3v) is 2.47. The highest BCUT2D eigenvalue weighted by Crippen LogP contribution is 2.12. The summed E-state index contributed by atoms with van der Waals surface area (Å²) < 4.78 is 9.61. The van der Waals surface area contributed by atoms with E-state index in [1.807, 2.05) is 6.07 Å². The molecule has 0 bridgehead atoms. The van der Waals surface area contributed by atoms with Crippen LogP contribution in [0.15, 0.2) is 41.1 Å². The number of hydrogen-bond donors (Lipinski definition) is 2. The first kappa shape index (κ1) is 13.6. The Hall–Kier alpha value is -2.83. The molecule has 20 heavy (non-hydrogen) atoms. The van der Waals surface area contributed by atoms with Crippen LogP contribution < -0.4 is 15.4 Å². The molecule has 0 saturated carbocycles. The predicted octanol–water partition coefficient (Wildman–Crippen LogP) is 0.938. The summed E-state index contributed by atoms with van der Waals surface area (Å²) in [4.78, 5) is 23.1. The molecular formula is C13H13N3O4. The molecule has 2 rings (SSSR count). The van der Waals surface area contributed by atoms with Gasteiger partial charge in [0, 0.05) is 12.6 Å². The highest BCUT2D eigenvalue weighted by atomic mass is 16.5. The van der Waals surface area contributed by atoms with E-state index < -0.39 is 11.8 Å². The molecule has 1 aromatic heterocycles. The number of carbonyl (C=O) groups excluding carboxylic acids is 2. The zero-order chi connectivity index (χ0) is 14.4. The molecule has 0 aliphatic heterocycles. The topological polar surface area (TPSA) is 93.5 Å². The number of benzene rings is 1. The lowest BCUT2D eigenvalue weighted by molar-refractivity contribution is -0.136. The van der Waals surface area contributed by atoms with Crippen LogP contribution >= 0.6 is 0 Å². The van der Waals surface area contributed by atoms with Crippen molar-refractivity contribution in [3.8, 4) is 5.75 Å². The van der Waals surface area contributed by atoms with Gasteiger partial charge in [0.05, 0.1) is 7.11 Å². The maximum absolute atomic E-state index is 11.6. The fourth-order valence-electron chi connectivity index (χ4n) is 1.50. The van der Waals surface area contributed by atoms with Crippen molar-refractivity contribution in [1.29, 1.82) is 0 Å². The molecule has 7 heteroatoms. The molecule has 0 unspecified atom stereocenters. The van der Waals surface area contributed by atoms with Gasteiger partial charge in [-0.3, -0.25) is 14.9 Å². The lowest BCUT2D eigenvalue weighted by Gasteiger charge is -2.06. The Bertz CT molecular complexity index is 595. The van der Waals surface area contributed by atoms with Gasteiger partial charge in [0.2, 0.25) is 0 Å². The lowest BCUT2D eigenvalue weighted by Crippen LogP contribution is -2.35. The number of carbonyl (C=O) groups is 2. The maximum Gasteiger partial charge on any atom is 0.314 e. The Morgan fingerprint density at radius 2 is 2.15 bits per heavy atom. The van der Waals surface area contributed by atoms with E-state index in [0.29, 0.717) is 5.75 Å². The summed E-state index contributed by atoms with van der Waals surface area (Å²) >= 11 is 0. The zero-order valence-electron chi connectivity index (χ0n) is 10.8. The van der Waals surface area contributed by atoms with E-state index in [-0.39, 0.29) is 12.4 Å². The van der Waals surface area contributed by atoms with Gasteiger partial charge >= 0.3 is 11.8 Å². The Morgan fingerprint density at radius 3 is 2.85 bits per heavy atom.